The number of amides is 2. The Morgan fingerprint density at radius 2 is 1.14 bits per heavy atom. The molecule has 30 nitrogen and oxygen atoms in total. The molecule has 31 heteroatoms. The highest BCUT2D eigenvalue weighted by atomic mass is 127. The number of carbonyl (C=O) groups is 2. The zero-order chi connectivity index (χ0) is 58.1. The molecule has 2 aromatic carbocycles. The largest absolute Gasteiger partial charge is 0.415 e. The monoisotopic (exact) mass is 1230 g/mol. The number of carbonyl (C=O) groups excluding carboxylic acids is 2. The molecule has 4 aromatic heterocycles. The maximum Gasteiger partial charge on any atom is 0.415 e. The van der Waals surface area contributed by atoms with Gasteiger partial charge in [-0.25, -0.2) is 39.5 Å². The Morgan fingerprint density at radius 1 is 0.691 bits per heavy atom. The molecule has 428 valence electrons. The number of aliphatic hydroxyl groups excluding tert-OH is 6. The number of likely N-dealkylation sites (tertiary alicyclic amines) is 2. The molecule has 2 amide bonds. The van der Waals surface area contributed by atoms with E-state index in [1.54, 1.807) is 9.80 Å². The minimum absolute atomic E-state index is 0.0929. The van der Waals surface area contributed by atoms with Crippen molar-refractivity contribution in [3.05, 3.63) is 91.1 Å². The van der Waals surface area contributed by atoms with E-state index < -0.39 is 84.3 Å². The summed E-state index contributed by atoms with van der Waals surface area (Å²) in [5.74, 6) is 10.1. The first kappa shape index (κ1) is 59.1. The van der Waals surface area contributed by atoms with Crippen LogP contribution in [0.25, 0.3) is 22.3 Å². The molecule has 8 heterocycles. The summed E-state index contributed by atoms with van der Waals surface area (Å²) in [5, 5.41) is 80.3. The Bertz CT molecular complexity index is 3350. The Morgan fingerprint density at radius 3 is 1.57 bits per heavy atom. The number of nitro benzene ring substituents is 2. The minimum atomic E-state index is -1.31. The van der Waals surface area contributed by atoms with Gasteiger partial charge in [0.25, 0.3) is 11.4 Å². The third-order valence-corrected chi connectivity index (χ3v) is 14.1. The van der Waals surface area contributed by atoms with Gasteiger partial charge in [-0.3, -0.25) is 29.4 Å². The molecule has 81 heavy (non-hydrogen) atoms. The molecule has 4 saturated heterocycles. The molecule has 10 rings (SSSR count). The molecule has 0 spiro atoms. The highest BCUT2D eigenvalue weighted by molar-refractivity contribution is 14.1. The van der Waals surface area contributed by atoms with Gasteiger partial charge in [0.1, 0.15) is 59.2 Å². The maximum absolute atomic E-state index is 12.5. The number of anilines is 2. The molecule has 0 aliphatic carbocycles. The molecule has 4 fully saturated rings. The molecule has 6 aromatic rings. The smallest absolute Gasteiger partial charge is 0.410 e. The Kier molecular flexibility index (Phi) is 19.4. The number of ether oxygens (including phenoxy) is 4. The third kappa shape index (κ3) is 14.0. The van der Waals surface area contributed by atoms with E-state index in [0.717, 1.165) is 19.3 Å². The van der Waals surface area contributed by atoms with Crippen molar-refractivity contribution in [2.24, 2.45) is 11.8 Å². The molecule has 8 atom stereocenters. The molecule has 0 saturated carbocycles. The van der Waals surface area contributed by atoms with Crippen molar-refractivity contribution < 1.29 is 69.0 Å². The van der Waals surface area contributed by atoms with Gasteiger partial charge in [-0.15, -0.1) is 12.3 Å². The van der Waals surface area contributed by atoms with E-state index in [0.29, 0.717) is 66.4 Å². The van der Waals surface area contributed by atoms with Gasteiger partial charge < -0.3 is 70.9 Å². The van der Waals surface area contributed by atoms with Gasteiger partial charge in [0, 0.05) is 73.7 Å². The third-order valence-electron chi connectivity index (χ3n) is 13.7. The Balaban J connectivity index is 0.000000176. The number of piperidine rings is 2. The number of nitrogen functional groups attached to an aromatic ring is 2. The van der Waals surface area contributed by atoms with Crippen LogP contribution >= 0.6 is 22.6 Å². The van der Waals surface area contributed by atoms with E-state index in [-0.39, 0.29) is 57.4 Å². The number of rotatable bonds is 10. The van der Waals surface area contributed by atoms with E-state index in [1.807, 2.05) is 22.6 Å². The van der Waals surface area contributed by atoms with Gasteiger partial charge in [-0.05, 0) is 55.6 Å². The number of aliphatic hydroxyl groups is 6. The predicted octanol–water partition coefficient (Wildman–Crippen LogP) is 2.03. The maximum atomic E-state index is 12.5. The fourth-order valence-corrected chi connectivity index (χ4v) is 9.72. The number of halogens is 1. The Labute approximate surface area is 473 Å². The number of nitro groups is 2. The van der Waals surface area contributed by atoms with Crippen molar-refractivity contribution in [1.29, 1.82) is 0 Å². The summed E-state index contributed by atoms with van der Waals surface area (Å²) < 4.78 is 24.8. The quantitative estimate of drug-likeness (QED) is 0.0320. The van der Waals surface area contributed by atoms with Crippen LogP contribution in [-0.2, 0) is 9.47 Å². The first-order valence-corrected chi connectivity index (χ1v) is 26.2. The van der Waals surface area contributed by atoms with Gasteiger partial charge in [0.05, 0.1) is 47.8 Å². The number of fused-ring (bicyclic) bond motifs is 2. The molecule has 0 radical (unpaired) electrons. The summed E-state index contributed by atoms with van der Waals surface area (Å²) in [6.07, 6.45) is 2.68. The van der Waals surface area contributed by atoms with Crippen molar-refractivity contribution in [3.63, 3.8) is 0 Å². The number of aromatic nitrogens is 8. The van der Waals surface area contributed by atoms with E-state index >= 15 is 0 Å². The molecular formula is C50H55IN14O16. The lowest BCUT2D eigenvalue weighted by Gasteiger charge is -2.30. The SMILES string of the molecule is C#CCC1CCN(C(=O)Oc2cccc([N+](=O)[O-])c2)CC1.Nc1nc(C#CCC2CCN(C(=O)Oc3cccc([N+](=O)[O-])c3)CC2)nc2c1ncn2[C@@H]1O[C@H](CO)[C@H](O)C1O.Nc1nc(I)nc2c1ncn2[C@@H]1O[C@H](CO)[C@H](O)C1O. The van der Waals surface area contributed by atoms with E-state index in [9.17, 15) is 55.4 Å². The number of non-ortho nitro benzene ring substituents is 2. The summed E-state index contributed by atoms with van der Waals surface area (Å²) in [5.41, 5.74) is 12.9. The first-order valence-electron chi connectivity index (χ1n) is 25.1. The molecule has 2 unspecified atom stereocenters. The summed E-state index contributed by atoms with van der Waals surface area (Å²) >= 11 is 1.92. The van der Waals surface area contributed by atoms with Crippen molar-refractivity contribution in [3.8, 4) is 35.7 Å². The normalized spacial score (nSPS) is 22.8. The van der Waals surface area contributed by atoms with Crippen molar-refractivity contribution in [2.75, 3.05) is 50.9 Å². The number of terminal acetylenes is 1. The van der Waals surface area contributed by atoms with Crippen molar-refractivity contribution in [1.82, 2.24) is 48.8 Å². The predicted molar refractivity (Wildman–Crippen MR) is 290 cm³/mol. The lowest BCUT2D eigenvalue weighted by Crippen LogP contribution is -2.40. The zero-order valence-electron chi connectivity index (χ0n) is 42.8. The highest BCUT2D eigenvalue weighted by Gasteiger charge is 2.45. The van der Waals surface area contributed by atoms with Crippen LogP contribution in [-0.4, -0.2) is 178 Å². The van der Waals surface area contributed by atoms with Crippen LogP contribution in [0.2, 0.25) is 0 Å². The number of nitrogens with two attached hydrogens (primary N) is 2. The topological polar surface area (TPSA) is 424 Å². The molecule has 4 aliphatic rings. The van der Waals surface area contributed by atoms with E-state index in [2.05, 4.69) is 47.7 Å². The first-order chi connectivity index (χ1) is 38.9. The Hall–Kier alpha value is -7.99. The molecule has 4 aliphatic heterocycles. The van der Waals surface area contributed by atoms with Crippen LogP contribution < -0.4 is 20.9 Å². The van der Waals surface area contributed by atoms with Crippen LogP contribution in [0.1, 0.15) is 56.8 Å². The summed E-state index contributed by atoms with van der Waals surface area (Å²) in [4.78, 5) is 73.3. The fraction of sp³-hybridized carbons (Fsp3) is 0.440. The lowest BCUT2D eigenvalue weighted by atomic mass is 9.94. The fourth-order valence-electron chi connectivity index (χ4n) is 9.23. The van der Waals surface area contributed by atoms with Gasteiger partial charge in [0.15, 0.2) is 39.2 Å². The summed E-state index contributed by atoms with van der Waals surface area (Å²) in [6, 6.07) is 11.1. The summed E-state index contributed by atoms with van der Waals surface area (Å²) in [6.45, 7) is 1.25. The number of hydrogen-bond acceptors (Lipinski definition) is 24. The second-order valence-electron chi connectivity index (χ2n) is 18.9. The van der Waals surface area contributed by atoms with Crippen LogP contribution in [0.3, 0.4) is 0 Å². The number of imidazole rings is 2. The lowest BCUT2D eigenvalue weighted by molar-refractivity contribution is -0.385. The van der Waals surface area contributed by atoms with Crippen molar-refractivity contribution >= 4 is 80.1 Å². The minimum Gasteiger partial charge on any atom is -0.410 e. The van der Waals surface area contributed by atoms with Crippen molar-refractivity contribution in [2.45, 2.75) is 87.6 Å². The standard InChI is InChI=1S/C25H27N7O8.C15H16N2O4.C10H12IN5O4/c26-22-19-23(31(13-27-19)24-21(35)20(34)17(12-33)40-24)29-18(28-22)6-1-3-14-7-9-30(10-8-14)25(36)39-16-5-2-4-15(11-16)32(37)38;1-2-4-12-7-9-16(10-8-12)15(18)21-14-6-3-5-13(11-14)17(19)20;11-10-14-7(12)4-8(15-10)16(2-13-4)9-6(19)5(18)3(1-17)20-9/h2,4-5,11,13-14,17,20-21,24,33-35H,3,7-10,12H2,(H2,26,28,29);1,3,5-6,11-12H,4,7-10H2;2-3,5-6,9,17-19H,1H2,(H2,12,14,15)/t17-,20+,21?,24-;;3-,5+,6?,9-/m1.1/s1. The molecule has 10 N–H and O–H groups in total. The number of hydrogen-bond donors (Lipinski definition) is 8. The van der Waals surface area contributed by atoms with Crippen LogP contribution in [0.15, 0.2) is 61.2 Å². The second kappa shape index (κ2) is 26.5. The zero-order valence-corrected chi connectivity index (χ0v) is 44.9. The van der Waals surface area contributed by atoms with Crippen LogP contribution in [0, 0.1) is 60.1 Å². The van der Waals surface area contributed by atoms with Gasteiger partial charge in [-0.1, -0.05) is 18.1 Å². The molecule has 0 bridgehead atoms. The van der Waals surface area contributed by atoms with E-state index in [4.69, 9.17) is 41.9 Å². The summed E-state index contributed by atoms with van der Waals surface area (Å²) in [7, 11) is 0. The number of nitrogens with zero attached hydrogens (tertiary/aromatic N) is 12. The van der Waals surface area contributed by atoms with Gasteiger partial charge in [0.2, 0.25) is 5.82 Å². The van der Waals surface area contributed by atoms with Crippen LogP contribution in [0.4, 0.5) is 32.6 Å². The highest BCUT2D eigenvalue weighted by Crippen LogP contribution is 2.34. The number of benzene rings is 2. The molecular weight excluding hydrogens is 1180 g/mol. The van der Waals surface area contributed by atoms with Gasteiger partial charge >= 0.3 is 12.2 Å². The van der Waals surface area contributed by atoms with Crippen LogP contribution in [0.5, 0.6) is 11.5 Å². The average molecular weight is 1230 g/mol. The average Bonchev–Trinajstić information content (AvgIpc) is 4.40. The van der Waals surface area contributed by atoms with Gasteiger partial charge in [-0.2, -0.15) is 0 Å². The van der Waals surface area contributed by atoms with E-state index in [1.165, 1.54) is 70.3 Å². The second-order valence-corrected chi connectivity index (χ2v) is 19.9.